The van der Waals surface area contributed by atoms with E-state index in [-0.39, 0.29) is 32.9 Å². The molecule has 8 heteroatoms. The van der Waals surface area contributed by atoms with Crippen molar-refractivity contribution in [3.05, 3.63) is 39.8 Å². The Hall–Kier alpha value is -1.92. The van der Waals surface area contributed by atoms with Gasteiger partial charge in [-0.3, -0.25) is 4.79 Å². The zero-order valence-corrected chi connectivity index (χ0v) is 11.7. The molecule has 1 heterocycles. The normalized spacial score (nSPS) is 10.4. The molecule has 0 aliphatic rings. The molecule has 2 N–H and O–H groups in total. The van der Waals surface area contributed by atoms with Crippen molar-refractivity contribution in [3.63, 3.8) is 0 Å². The van der Waals surface area contributed by atoms with Gasteiger partial charge in [-0.15, -0.1) is 0 Å². The lowest BCUT2D eigenvalue weighted by molar-refractivity contribution is 0.0996. The van der Waals surface area contributed by atoms with Gasteiger partial charge in [-0.2, -0.15) is 4.98 Å². The smallest absolute Gasteiger partial charge is 0.255 e. The van der Waals surface area contributed by atoms with Gasteiger partial charge in [0.2, 0.25) is 5.88 Å². The van der Waals surface area contributed by atoms with E-state index in [1.165, 1.54) is 13.2 Å². The first kappa shape index (κ1) is 14.5. The van der Waals surface area contributed by atoms with Gasteiger partial charge >= 0.3 is 0 Å². The van der Waals surface area contributed by atoms with Gasteiger partial charge in [-0.05, 0) is 12.1 Å². The van der Waals surface area contributed by atoms with Gasteiger partial charge in [0, 0.05) is 6.20 Å². The van der Waals surface area contributed by atoms with E-state index in [4.69, 9.17) is 33.7 Å². The number of halogens is 3. The molecule has 20 heavy (non-hydrogen) atoms. The minimum Gasteiger partial charge on any atom is -0.480 e. The Kier molecular flexibility index (Phi) is 4.06. The Morgan fingerprint density at radius 3 is 2.70 bits per heavy atom. The van der Waals surface area contributed by atoms with Gasteiger partial charge in [0.25, 0.3) is 5.91 Å². The molecule has 0 saturated carbocycles. The lowest BCUT2D eigenvalue weighted by atomic mass is 10.2. The Bertz CT molecular complexity index is 695. The van der Waals surface area contributed by atoms with Gasteiger partial charge < -0.3 is 10.5 Å². The molecule has 5 nitrogen and oxygen atoms in total. The van der Waals surface area contributed by atoms with Crippen molar-refractivity contribution in [2.75, 3.05) is 7.11 Å². The molecule has 0 fully saturated rings. The maximum absolute atomic E-state index is 13.9. The van der Waals surface area contributed by atoms with Gasteiger partial charge in [0.1, 0.15) is 11.4 Å². The number of hydrogen-bond acceptors (Lipinski definition) is 4. The molecule has 1 aromatic heterocycles. The molecule has 0 unspecified atom stereocenters. The maximum atomic E-state index is 13.9. The van der Waals surface area contributed by atoms with Crippen molar-refractivity contribution in [1.29, 1.82) is 0 Å². The van der Waals surface area contributed by atoms with Gasteiger partial charge in [-0.25, -0.2) is 9.37 Å². The fourth-order valence-corrected chi connectivity index (χ4v) is 1.94. The van der Waals surface area contributed by atoms with Crippen LogP contribution in [0, 0.1) is 5.82 Å². The summed E-state index contributed by atoms with van der Waals surface area (Å²) in [5.74, 6) is -1.53. The number of hydrogen-bond donors (Lipinski definition) is 1. The molecule has 0 saturated heterocycles. The third kappa shape index (κ3) is 2.52. The van der Waals surface area contributed by atoms with E-state index in [0.29, 0.717) is 0 Å². The molecule has 1 aromatic carbocycles. The highest BCUT2D eigenvalue weighted by molar-refractivity contribution is 6.43. The first-order chi connectivity index (χ1) is 9.45. The number of primary amides is 1. The SMILES string of the molecule is COc1nc(-c2c(F)ccc(Cl)c2Cl)ncc1C(N)=O. The summed E-state index contributed by atoms with van der Waals surface area (Å²) in [6, 6.07) is 2.46. The van der Waals surface area contributed by atoms with Crippen LogP contribution in [0.4, 0.5) is 4.39 Å². The zero-order valence-electron chi connectivity index (χ0n) is 10.2. The van der Waals surface area contributed by atoms with Crippen LogP contribution < -0.4 is 10.5 Å². The molecule has 0 atom stereocenters. The van der Waals surface area contributed by atoms with Crippen molar-refractivity contribution in [1.82, 2.24) is 9.97 Å². The summed E-state index contributed by atoms with van der Waals surface area (Å²) in [7, 11) is 1.30. The molecular weight excluding hydrogens is 308 g/mol. The molecule has 0 radical (unpaired) electrons. The van der Waals surface area contributed by atoms with E-state index in [0.717, 1.165) is 12.3 Å². The summed E-state index contributed by atoms with van der Waals surface area (Å²) in [6.45, 7) is 0. The van der Waals surface area contributed by atoms with Crippen molar-refractivity contribution in [2.24, 2.45) is 5.73 Å². The topological polar surface area (TPSA) is 78.1 Å². The number of ether oxygens (including phenoxy) is 1. The Labute approximate surface area is 123 Å². The highest BCUT2D eigenvalue weighted by Gasteiger charge is 2.19. The molecule has 2 rings (SSSR count). The number of nitrogens with zero attached hydrogens (tertiary/aromatic N) is 2. The average molecular weight is 316 g/mol. The summed E-state index contributed by atoms with van der Waals surface area (Å²) in [5, 5.41) is 0.130. The van der Waals surface area contributed by atoms with Crippen LogP contribution in [0.15, 0.2) is 18.3 Å². The lowest BCUT2D eigenvalue weighted by Gasteiger charge is -2.09. The minimum absolute atomic E-state index is 0.0187. The van der Waals surface area contributed by atoms with E-state index in [9.17, 15) is 9.18 Å². The monoisotopic (exact) mass is 315 g/mol. The van der Waals surface area contributed by atoms with Crippen LogP contribution in [0.1, 0.15) is 10.4 Å². The van der Waals surface area contributed by atoms with Crippen molar-refractivity contribution in [3.8, 4) is 17.3 Å². The number of carbonyl (C=O) groups excluding carboxylic acids is 1. The highest BCUT2D eigenvalue weighted by Crippen LogP contribution is 2.34. The summed E-state index contributed by atoms with van der Waals surface area (Å²) in [5.41, 5.74) is 5.05. The van der Waals surface area contributed by atoms with Crippen molar-refractivity contribution >= 4 is 29.1 Å². The van der Waals surface area contributed by atoms with E-state index < -0.39 is 11.7 Å². The molecule has 0 bridgehead atoms. The van der Waals surface area contributed by atoms with E-state index >= 15 is 0 Å². The predicted octanol–water partition coefficient (Wildman–Crippen LogP) is 2.70. The Balaban J connectivity index is 2.66. The van der Waals surface area contributed by atoms with Gasteiger partial charge in [0.15, 0.2) is 5.82 Å². The van der Waals surface area contributed by atoms with Crippen LogP contribution in [0.5, 0.6) is 5.88 Å². The maximum Gasteiger partial charge on any atom is 0.255 e. The van der Waals surface area contributed by atoms with Crippen LogP contribution in [0.25, 0.3) is 11.4 Å². The zero-order chi connectivity index (χ0) is 14.9. The molecule has 104 valence electrons. The summed E-state index contributed by atoms with van der Waals surface area (Å²) in [4.78, 5) is 19.0. The highest BCUT2D eigenvalue weighted by atomic mass is 35.5. The van der Waals surface area contributed by atoms with E-state index in [2.05, 4.69) is 9.97 Å². The number of rotatable bonds is 3. The second-order valence-electron chi connectivity index (χ2n) is 3.70. The second-order valence-corrected chi connectivity index (χ2v) is 4.48. The first-order valence-electron chi connectivity index (χ1n) is 5.30. The van der Waals surface area contributed by atoms with Gasteiger partial charge in [0.05, 0.1) is 22.7 Å². The predicted molar refractivity (Wildman–Crippen MR) is 72.5 cm³/mol. The van der Waals surface area contributed by atoms with Crippen LogP contribution in [0.2, 0.25) is 10.0 Å². The summed E-state index contributed by atoms with van der Waals surface area (Å²) >= 11 is 11.8. The number of amides is 1. The summed E-state index contributed by atoms with van der Waals surface area (Å²) < 4.78 is 18.8. The minimum atomic E-state index is -0.758. The Morgan fingerprint density at radius 2 is 2.10 bits per heavy atom. The molecule has 2 aromatic rings. The largest absolute Gasteiger partial charge is 0.480 e. The van der Waals surface area contributed by atoms with Crippen molar-refractivity contribution in [2.45, 2.75) is 0 Å². The average Bonchev–Trinajstić information content (AvgIpc) is 2.43. The van der Waals surface area contributed by atoms with Crippen LogP contribution >= 0.6 is 23.2 Å². The second kappa shape index (κ2) is 5.60. The van der Waals surface area contributed by atoms with Crippen molar-refractivity contribution < 1.29 is 13.9 Å². The number of benzene rings is 1. The number of carbonyl (C=O) groups is 1. The molecule has 0 aliphatic heterocycles. The first-order valence-corrected chi connectivity index (χ1v) is 6.06. The standard InChI is InChI=1S/C12H8Cl2FN3O2/c1-20-12-5(10(16)19)4-17-11(18-12)8-7(15)3-2-6(13)9(8)14/h2-4H,1H3,(H2,16,19). The third-order valence-corrected chi connectivity index (χ3v) is 3.28. The summed E-state index contributed by atoms with van der Waals surface area (Å²) in [6.07, 6.45) is 1.14. The third-order valence-electron chi connectivity index (χ3n) is 2.48. The van der Waals surface area contributed by atoms with E-state index in [1.54, 1.807) is 0 Å². The number of aromatic nitrogens is 2. The molecule has 0 aliphatic carbocycles. The van der Waals surface area contributed by atoms with Gasteiger partial charge in [-0.1, -0.05) is 23.2 Å². The molecule has 0 spiro atoms. The van der Waals surface area contributed by atoms with E-state index in [1.807, 2.05) is 0 Å². The quantitative estimate of drug-likeness (QED) is 0.883. The number of methoxy groups -OCH3 is 1. The molecular formula is C12H8Cl2FN3O2. The van der Waals surface area contributed by atoms with Crippen LogP contribution in [0.3, 0.4) is 0 Å². The van der Waals surface area contributed by atoms with Crippen LogP contribution in [-0.2, 0) is 0 Å². The lowest BCUT2D eigenvalue weighted by Crippen LogP contribution is -2.14. The van der Waals surface area contributed by atoms with Crippen LogP contribution in [-0.4, -0.2) is 23.0 Å². The molecule has 1 amide bonds. The Morgan fingerprint density at radius 1 is 1.40 bits per heavy atom. The fourth-order valence-electron chi connectivity index (χ4n) is 1.54. The fraction of sp³-hybridized carbons (Fsp3) is 0.0833. The number of nitrogens with two attached hydrogens (primary N) is 1.